The summed E-state index contributed by atoms with van der Waals surface area (Å²) in [7, 11) is 1.67. The van der Waals surface area contributed by atoms with Gasteiger partial charge in [0.1, 0.15) is 0 Å². The summed E-state index contributed by atoms with van der Waals surface area (Å²) < 4.78 is 9.69. The van der Waals surface area contributed by atoms with Crippen molar-refractivity contribution in [2.45, 2.75) is 20.3 Å². The third-order valence-electron chi connectivity index (χ3n) is 1.37. The van der Waals surface area contributed by atoms with Crippen molar-refractivity contribution in [2.24, 2.45) is 5.92 Å². The quantitative estimate of drug-likeness (QED) is 0.567. The standard InChI is InChI=1S/C8H16O3/c1-7(6-10-3)4-5-11-8(2)9/h7H,4-6H2,1-3H3. The summed E-state index contributed by atoms with van der Waals surface area (Å²) in [6.07, 6.45) is 0.868. The normalized spacial score (nSPS) is 12.6. The Hall–Kier alpha value is -0.570. The van der Waals surface area contributed by atoms with Crippen LogP contribution in [-0.4, -0.2) is 26.3 Å². The predicted octanol–water partition coefficient (Wildman–Crippen LogP) is 1.22. The summed E-state index contributed by atoms with van der Waals surface area (Å²) in [5, 5.41) is 0. The van der Waals surface area contributed by atoms with Gasteiger partial charge in [-0.15, -0.1) is 0 Å². The number of ether oxygens (including phenoxy) is 2. The Labute approximate surface area is 67.7 Å². The van der Waals surface area contributed by atoms with Gasteiger partial charge < -0.3 is 9.47 Å². The Morgan fingerprint density at radius 1 is 1.55 bits per heavy atom. The van der Waals surface area contributed by atoms with Gasteiger partial charge in [-0.3, -0.25) is 4.79 Å². The highest BCUT2D eigenvalue weighted by molar-refractivity contribution is 5.65. The van der Waals surface area contributed by atoms with Crippen LogP contribution in [0, 0.1) is 5.92 Å². The van der Waals surface area contributed by atoms with Crippen LogP contribution in [0.3, 0.4) is 0 Å². The van der Waals surface area contributed by atoms with Crippen molar-refractivity contribution in [3.8, 4) is 0 Å². The van der Waals surface area contributed by atoms with E-state index in [2.05, 4.69) is 6.92 Å². The molecule has 0 heterocycles. The highest BCUT2D eigenvalue weighted by Gasteiger charge is 2.01. The first-order valence-electron chi connectivity index (χ1n) is 3.79. The largest absolute Gasteiger partial charge is 0.466 e. The second-order valence-corrected chi connectivity index (χ2v) is 2.69. The van der Waals surface area contributed by atoms with Crippen molar-refractivity contribution in [2.75, 3.05) is 20.3 Å². The third-order valence-corrected chi connectivity index (χ3v) is 1.37. The number of hydrogen-bond acceptors (Lipinski definition) is 3. The van der Waals surface area contributed by atoms with Crippen LogP contribution in [0.2, 0.25) is 0 Å². The van der Waals surface area contributed by atoms with Crippen molar-refractivity contribution in [1.29, 1.82) is 0 Å². The predicted molar refractivity (Wildman–Crippen MR) is 42.3 cm³/mol. The molecule has 0 amide bonds. The van der Waals surface area contributed by atoms with E-state index in [0.29, 0.717) is 12.5 Å². The highest BCUT2D eigenvalue weighted by Crippen LogP contribution is 2.01. The molecule has 1 unspecified atom stereocenters. The molecule has 0 rings (SSSR count). The molecule has 0 bridgehead atoms. The van der Waals surface area contributed by atoms with E-state index in [0.717, 1.165) is 13.0 Å². The van der Waals surface area contributed by atoms with Gasteiger partial charge in [-0.1, -0.05) is 6.92 Å². The van der Waals surface area contributed by atoms with Gasteiger partial charge in [-0.25, -0.2) is 0 Å². The first kappa shape index (κ1) is 10.4. The fourth-order valence-electron chi connectivity index (χ4n) is 0.772. The topological polar surface area (TPSA) is 35.5 Å². The molecule has 0 spiro atoms. The average molecular weight is 160 g/mol. The maximum absolute atomic E-state index is 10.3. The van der Waals surface area contributed by atoms with Crippen LogP contribution < -0.4 is 0 Å². The van der Waals surface area contributed by atoms with Crippen molar-refractivity contribution < 1.29 is 14.3 Å². The molecule has 3 heteroatoms. The van der Waals surface area contributed by atoms with Crippen molar-refractivity contribution in [3.63, 3.8) is 0 Å². The molecule has 0 N–H and O–H groups in total. The zero-order valence-electron chi connectivity index (χ0n) is 7.42. The molecule has 0 saturated carbocycles. The van der Waals surface area contributed by atoms with E-state index in [1.807, 2.05) is 0 Å². The van der Waals surface area contributed by atoms with Gasteiger partial charge in [0.25, 0.3) is 0 Å². The van der Waals surface area contributed by atoms with E-state index >= 15 is 0 Å². The monoisotopic (exact) mass is 160 g/mol. The van der Waals surface area contributed by atoms with Crippen molar-refractivity contribution >= 4 is 5.97 Å². The molecule has 66 valence electrons. The lowest BCUT2D eigenvalue weighted by molar-refractivity contribution is -0.141. The molecular formula is C8H16O3. The maximum Gasteiger partial charge on any atom is 0.302 e. The van der Waals surface area contributed by atoms with Crippen LogP contribution in [-0.2, 0) is 14.3 Å². The average Bonchev–Trinajstić information content (AvgIpc) is 1.87. The number of methoxy groups -OCH3 is 1. The Kier molecular flexibility index (Phi) is 5.84. The zero-order chi connectivity index (χ0) is 8.69. The number of carbonyl (C=O) groups is 1. The molecule has 0 fully saturated rings. The van der Waals surface area contributed by atoms with Crippen LogP contribution in [0.1, 0.15) is 20.3 Å². The minimum atomic E-state index is -0.213. The second kappa shape index (κ2) is 6.16. The van der Waals surface area contributed by atoms with Crippen LogP contribution in [0.4, 0.5) is 0 Å². The van der Waals surface area contributed by atoms with Crippen LogP contribution in [0.25, 0.3) is 0 Å². The minimum Gasteiger partial charge on any atom is -0.466 e. The Morgan fingerprint density at radius 2 is 2.18 bits per heavy atom. The fourth-order valence-corrected chi connectivity index (χ4v) is 0.772. The first-order valence-corrected chi connectivity index (χ1v) is 3.79. The van der Waals surface area contributed by atoms with E-state index < -0.39 is 0 Å². The fraction of sp³-hybridized carbons (Fsp3) is 0.875. The Bertz CT molecular complexity index is 112. The lowest BCUT2D eigenvalue weighted by Crippen LogP contribution is -2.09. The van der Waals surface area contributed by atoms with E-state index in [-0.39, 0.29) is 5.97 Å². The summed E-state index contributed by atoms with van der Waals surface area (Å²) in [5.41, 5.74) is 0. The molecule has 0 radical (unpaired) electrons. The SMILES string of the molecule is COCC(C)CCOC(C)=O. The van der Waals surface area contributed by atoms with E-state index in [4.69, 9.17) is 9.47 Å². The van der Waals surface area contributed by atoms with Gasteiger partial charge in [-0.05, 0) is 12.3 Å². The Balaban J connectivity index is 3.16. The second-order valence-electron chi connectivity index (χ2n) is 2.69. The van der Waals surface area contributed by atoms with Gasteiger partial charge >= 0.3 is 5.97 Å². The molecule has 0 aliphatic heterocycles. The summed E-state index contributed by atoms with van der Waals surface area (Å²) >= 11 is 0. The number of esters is 1. The lowest BCUT2D eigenvalue weighted by atomic mass is 10.1. The molecule has 1 atom stereocenters. The molecule has 0 aromatic rings. The summed E-state index contributed by atoms with van der Waals surface area (Å²) in [6, 6.07) is 0. The van der Waals surface area contributed by atoms with Gasteiger partial charge in [0.15, 0.2) is 0 Å². The summed E-state index contributed by atoms with van der Waals surface area (Å²) in [6.45, 7) is 4.70. The third kappa shape index (κ3) is 7.33. The van der Waals surface area contributed by atoms with Gasteiger partial charge in [0.05, 0.1) is 6.61 Å². The van der Waals surface area contributed by atoms with E-state index in [9.17, 15) is 4.79 Å². The van der Waals surface area contributed by atoms with Crippen molar-refractivity contribution in [1.82, 2.24) is 0 Å². The molecule has 0 aromatic carbocycles. The van der Waals surface area contributed by atoms with Gasteiger partial charge in [0, 0.05) is 20.6 Å². The van der Waals surface area contributed by atoms with Crippen LogP contribution in [0.5, 0.6) is 0 Å². The van der Waals surface area contributed by atoms with Crippen LogP contribution in [0.15, 0.2) is 0 Å². The smallest absolute Gasteiger partial charge is 0.302 e. The molecular weight excluding hydrogens is 144 g/mol. The number of rotatable bonds is 5. The Morgan fingerprint density at radius 3 is 2.64 bits per heavy atom. The maximum atomic E-state index is 10.3. The van der Waals surface area contributed by atoms with E-state index in [1.165, 1.54) is 6.92 Å². The molecule has 0 aliphatic rings. The van der Waals surface area contributed by atoms with Gasteiger partial charge in [0.2, 0.25) is 0 Å². The molecule has 0 aliphatic carbocycles. The molecule has 3 nitrogen and oxygen atoms in total. The summed E-state index contributed by atoms with van der Waals surface area (Å²) in [5.74, 6) is 0.244. The minimum absolute atomic E-state index is 0.213. The summed E-state index contributed by atoms with van der Waals surface area (Å²) in [4.78, 5) is 10.3. The lowest BCUT2D eigenvalue weighted by Gasteiger charge is -2.08. The molecule has 0 aromatic heterocycles. The number of carbonyl (C=O) groups excluding carboxylic acids is 1. The highest BCUT2D eigenvalue weighted by atomic mass is 16.5. The molecule has 11 heavy (non-hydrogen) atoms. The zero-order valence-corrected chi connectivity index (χ0v) is 7.42. The van der Waals surface area contributed by atoms with Crippen molar-refractivity contribution in [3.05, 3.63) is 0 Å². The van der Waals surface area contributed by atoms with E-state index in [1.54, 1.807) is 7.11 Å². The van der Waals surface area contributed by atoms with Gasteiger partial charge in [-0.2, -0.15) is 0 Å². The first-order chi connectivity index (χ1) is 5.16. The van der Waals surface area contributed by atoms with Crippen LogP contribution >= 0.6 is 0 Å². The molecule has 0 saturated heterocycles. The number of hydrogen-bond donors (Lipinski definition) is 0.